The number of imidazole rings is 2. The van der Waals surface area contributed by atoms with E-state index >= 15 is 0 Å². The first-order chi connectivity index (χ1) is 19.1. The van der Waals surface area contributed by atoms with Gasteiger partial charge in [0.05, 0.1) is 30.6 Å². The minimum atomic E-state index is -1.21. The van der Waals surface area contributed by atoms with Crippen molar-refractivity contribution in [3.05, 3.63) is 72.8 Å². The summed E-state index contributed by atoms with van der Waals surface area (Å²) >= 11 is 0. The quantitative estimate of drug-likeness (QED) is 0.153. The fraction of sp³-hybridized carbons (Fsp3) is 0.429. The number of aromatic nitrogens is 4. The second-order valence-electron chi connectivity index (χ2n) is 9.63. The molecule has 0 amide bonds. The summed E-state index contributed by atoms with van der Waals surface area (Å²) in [7, 11) is 0. The number of hydrogen-bond acceptors (Lipinski definition) is 9. The van der Waals surface area contributed by atoms with E-state index in [0.717, 1.165) is 54.8 Å². The van der Waals surface area contributed by atoms with E-state index in [9.17, 15) is 15.3 Å². The van der Waals surface area contributed by atoms with E-state index in [2.05, 4.69) is 25.2 Å². The Morgan fingerprint density at radius 2 is 1.90 bits per heavy atom. The summed E-state index contributed by atoms with van der Waals surface area (Å²) in [6, 6.07) is 15.4. The number of fused-ring (bicyclic) bond motifs is 1. The van der Waals surface area contributed by atoms with Crippen LogP contribution >= 0.6 is 0 Å². The SMILES string of the molecule is OC[C@H]1O[C@@H](n2c(NCc3cccc(OCCCNCCCn4ccnc4)c3)nc3ccccc32)[C@H](O)[C@@H]1O. The van der Waals surface area contributed by atoms with E-state index in [1.807, 2.05) is 61.1 Å². The lowest BCUT2D eigenvalue weighted by Gasteiger charge is -2.20. The number of para-hydroxylation sites is 2. The zero-order valence-electron chi connectivity index (χ0n) is 21.8. The Hall–Kier alpha value is -3.48. The fourth-order valence-electron chi connectivity index (χ4n) is 4.76. The third kappa shape index (κ3) is 6.57. The van der Waals surface area contributed by atoms with Crippen LogP contribution < -0.4 is 15.4 Å². The first kappa shape index (κ1) is 27.1. The van der Waals surface area contributed by atoms with E-state index in [1.165, 1.54) is 0 Å². The Morgan fingerprint density at radius 1 is 1.03 bits per heavy atom. The molecule has 208 valence electrons. The number of aliphatic hydroxyl groups excluding tert-OH is 3. The number of aryl methyl sites for hydroxylation is 1. The van der Waals surface area contributed by atoms with Crippen molar-refractivity contribution in [2.75, 3.05) is 31.6 Å². The molecule has 3 heterocycles. The van der Waals surface area contributed by atoms with Gasteiger partial charge in [-0.2, -0.15) is 0 Å². The average Bonchev–Trinajstić information content (AvgIpc) is 3.67. The summed E-state index contributed by atoms with van der Waals surface area (Å²) in [5.41, 5.74) is 2.48. The molecule has 11 nitrogen and oxygen atoms in total. The van der Waals surface area contributed by atoms with Gasteiger partial charge in [-0.1, -0.05) is 24.3 Å². The highest BCUT2D eigenvalue weighted by Gasteiger charge is 2.44. The summed E-state index contributed by atoms with van der Waals surface area (Å²) < 4.78 is 15.6. The summed E-state index contributed by atoms with van der Waals surface area (Å²) in [6.45, 7) is 3.49. The lowest BCUT2D eigenvalue weighted by Crippen LogP contribution is -2.33. The van der Waals surface area contributed by atoms with Crippen LogP contribution in [0.15, 0.2) is 67.3 Å². The number of anilines is 1. The monoisotopic (exact) mass is 536 g/mol. The van der Waals surface area contributed by atoms with Gasteiger partial charge in [0, 0.05) is 25.5 Å². The molecule has 0 spiro atoms. The summed E-state index contributed by atoms with van der Waals surface area (Å²) in [4.78, 5) is 8.74. The molecule has 5 rings (SSSR count). The van der Waals surface area contributed by atoms with Crippen molar-refractivity contribution in [3.63, 3.8) is 0 Å². The van der Waals surface area contributed by atoms with E-state index < -0.39 is 24.5 Å². The number of ether oxygens (including phenoxy) is 2. The molecular formula is C28H36N6O5. The van der Waals surface area contributed by atoms with Crippen LogP contribution in [0.5, 0.6) is 5.75 Å². The highest BCUT2D eigenvalue weighted by Crippen LogP contribution is 2.35. The van der Waals surface area contributed by atoms with Gasteiger partial charge in [-0.05, 0) is 55.8 Å². The highest BCUT2D eigenvalue weighted by molar-refractivity contribution is 5.78. The molecule has 39 heavy (non-hydrogen) atoms. The van der Waals surface area contributed by atoms with Crippen LogP contribution in [0, 0.1) is 0 Å². The maximum Gasteiger partial charge on any atom is 0.206 e. The second-order valence-corrected chi connectivity index (χ2v) is 9.63. The van der Waals surface area contributed by atoms with E-state index in [-0.39, 0.29) is 6.61 Å². The van der Waals surface area contributed by atoms with Crippen molar-refractivity contribution in [2.24, 2.45) is 0 Å². The first-order valence-corrected chi connectivity index (χ1v) is 13.4. The zero-order chi connectivity index (χ0) is 27.0. The predicted molar refractivity (Wildman–Crippen MR) is 146 cm³/mol. The molecule has 2 aromatic carbocycles. The Kier molecular flexibility index (Phi) is 9.07. The molecule has 2 aromatic heterocycles. The molecular weight excluding hydrogens is 500 g/mol. The molecule has 0 aliphatic carbocycles. The minimum absolute atomic E-state index is 0.390. The van der Waals surface area contributed by atoms with Gasteiger partial charge in [0.25, 0.3) is 0 Å². The molecule has 4 aromatic rings. The van der Waals surface area contributed by atoms with Gasteiger partial charge in [-0.3, -0.25) is 4.57 Å². The van der Waals surface area contributed by atoms with Crippen LogP contribution in [-0.4, -0.2) is 79.0 Å². The Balaban J connectivity index is 1.14. The van der Waals surface area contributed by atoms with Crippen molar-refractivity contribution >= 4 is 17.0 Å². The normalized spacial score (nSPS) is 21.0. The van der Waals surface area contributed by atoms with Gasteiger partial charge in [-0.25, -0.2) is 9.97 Å². The number of hydrogen-bond donors (Lipinski definition) is 5. The van der Waals surface area contributed by atoms with Gasteiger partial charge in [0.15, 0.2) is 6.23 Å². The summed E-state index contributed by atoms with van der Waals surface area (Å²) in [6.07, 6.45) is 3.40. The van der Waals surface area contributed by atoms with E-state index in [4.69, 9.17) is 9.47 Å². The lowest BCUT2D eigenvalue weighted by molar-refractivity contribution is -0.0499. The Bertz CT molecular complexity index is 1310. The number of nitrogens with one attached hydrogen (secondary N) is 2. The molecule has 0 bridgehead atoms. The van der Waals surface area contributed by atoms with Gasteiger partial charge in [0.1, 0.15) is 24.1 Å². The van der Waals surface area contributed by atoms with E-state index in [0.29, 0.717) is 19.1 Å². The number of aliphatic hydroxyl groups is 3. The Labute approximate surface area is 227 Å². The Morgan fingerprint density at radius 3 is 2.72 bits per heavy atom. The fourth-order valence-corrected chi connectivity index (χ4v) is 4.76. The highest BCUT2D eigenvalue weighted by atomic mass is 16.6. The van der Waals surface area contributed by atoms with Crippen LogP contribution in [0.2, 0.25) is 0 Å². The number of rotatable bonds is 14. The molecule has 0 saturated carbocycles. The smallest absolute Gasteiger partial charge is 0.206 e. The van der Waals surface area contributed by atoms with E-state index in [1.54, 1.807) is 10.8 Å². The summed E-state index contributed by atoms with van der Waals surface area (Å²) in [5, 5.41) is 37.3. The van der Waals surface area contributed by atoms with Crippen molar-refractivity contribution in [2.45, 2.75) is 50.5 Å². The third-order valence-corrected chi connectivity index (χ3v) is 6.81. The molecule has 0 unspecified atom stereocenters. The maximum absolute atomic E-state index is 10.7. The molecule has 11 heteroatoms. The topological polar surface area (TPSA) is 139 Å². The molecule has 1 aliphatic heterocycles. The van der Waals surface area contributed by atoms with Gasteiger partial charge < -0.3 is 40.0 Å². The molecule has 4 atom stereocenters. The second kappa shape index (κ2) is 13.0. The summed E-state index contributed by atoms with van der Waals surface area (Å²) in [5.74, 6) is 1.29. The standard InChI is InChI=1S/C28H36N6O5/c35-18-24-25(36)26(37)27(39-24)34-23-9-2-1-8-22(23)32-28(34)31-17-20-6-3-7-21(16-20)38-15-5-11-29-10-4-13-33-14-12-30-19-33/h1-3,6-9,12,14,16,19,24-27,29,35-37H,4-5,10-11,13,15,17-18H2,(H,31,32)/t24-,25-,26-,27-/m1/s1. The number of benzene rings is 2. The maximum atomic E-state index is 10.7. The minimum Gasteiger partial charge on any atom is -0.494 e. The molecule has 1 fully saturated rings. The molecule has 1 aliphatic rings. The van der Waals surface area contributed by atoms with Crippen LogP contribution in [0.4, 0.5) is 5.95 Å². The predicted octanol–water partition coefficient (Wildman–Crippen LogP) is 1.91. The van der Waals surface area contributed by atoms with Gasteiger partial charge in [-0.15, -0.1) is 0 Å². The van der Waals surface area contributed by atoms with Crippen molar-refractivity contribution in [3.8, 4) is 5.75 Å². The van der Waals surface area contributed by atoms with Gasteiger partial charge >= 0.3 is 0 Å². The van der Waals surface area contributed by atoms with Crippen LogP contribution in [-0.2, 0) is 17.8 Å². The average molecular weight is 537 g/mol. The molecule has 5 N–H and O–H groups in total. The van der Waals surface area contributed by atoms with Crippen LogP contribution in [0.3, 0.4) is 0 Å². The van der Waals surface area contributed by atoms with Crippen LogP contribution in [0.1, 0.15) is 24.6 Å². The van der Waals surface area contributed by atoms with Crippen LogP contribution in [0.25, 0.3) is 11.0 Å². The molecule has 1 saturated heterocycles. The largest absolute Gasteiger partial charge is 0.494 e. The third-order valence-electron chi connectivity index (χ3n) is 6.81. The lowest BCUT2D eigenvalue weighted by atomic mass is 10.1. The first-order valence-electron chi connectivity index (χ1n) is 13.4. The van der Waals surface area contributed by atoms with Crippen molar-refractivity contribution in [1.29, 1.82) is 0 Å². The van der Waals surface area contributed by atoms with Crippen molar-refractivity contribution < 1.29 is 24.8 Å². The zero-order valence-corrected chi connectivity index (χ0v) is 21.8. The molecule has 0 radical (unpaired) electrons. The number of nitrogens with zero attached hydrogens (tertiary/aromatic N) is 4. The van der Waals surface area contributed by atoms with Gasteiger partial charge in [0.2, 0.25) is 5.95 Å². The van der Waals surface area contributed by atoms with Crippen molar-refractivity contribution in [1.82, 2.24) is 24.4 Å².